The smallest absolute Gasteiger partial charge is 0.295 e. The summed E-state index contributed by atoms with van der Waals surface area (Å²) in [5.74, 6) is -0.688. The zero-order valence-electron chi connectivity index (χ0n) is 13.8. The van der Waals surface area contributed by atoms with Gasteiger partial charge in [-0.05, 0) is 23.5 Å². The van der Waals surface area contributed by atoms with Gasteiger partial charge in [0.15, 0.2) is 0 Å². The van der Waals surface area contributed by atoms with Crippen molar-refractivity contribution in [1.82, 2.24) is 14.5 Å². The predicted molar refractivity (Wildman–Crippen MR) is 87.3 cm³/mol. The highest BCUT2D eigenvalue weighted by atomic mass is 16.2. The second-order valence-corrected chi connectivity index (χ2v) is 7.10. The molecule has 0 spiro atoms. The van der Waals surface area contributed by atoms with Crippen molar-refractivity contribution in [3.05, 3.63) is 34.2 Å². The maximum atomic E-state index is 12.8. The van der Waals surface area contributed by atoms with Crippen LogP contribution >= 0.6 is 0 Å². The summed E-state index contributed by atoms with van der Waals surface area (Å²) in [6, 6.07) is 5.14. The molecule has 1 aromatic carbocycles. The lowest BCUT2D eigenvalue weighted by Gasteiger charge is -2.23. The Morgan fingerprint density at radius 1 is 1.17 bits per heavy atom. The number of hydrogen-bond donors (Lipinski definition) is 1. The molecule has 1 aliphatic heterocycles. The number of fused-ring (bicyclic) bond motifs is 1. The van der Waals surface area contributed by atoms with E-state index in [9.17, 15) is 14.4 Å². The summed E-state index contributed by atoms with van der Waals surface area (Å²) in [4.78, 5) is 36.3. The molecule has 1 aromatic heterocycles. The van der Waals surface area contributed by atoms with Gasteiger partial charge in [0.2, 0.25) is 11.8 Å². The highest BCUT2D eigenvalue weighted by Crippen LogP contribution is 2.31. The van der Waals surface area contributed by atoms with E-state index in [1.807, 2.05) is 18.2 Å². The Bertz CT molecular complexity index is 868. The van der Waals surface area contributed by atoms with Crippen LogP contribution in [0.4, 0.5) is 0 Å². The van der Waals surface area contributed by atoms with Crippen LogP contribution in [0.25, 0.3) is 11.0 Å². The van der Waals surface area contributed by atoms with Crippen LogP contribution in [0.15, 0.2) is 23.0 Å². The quantitative estimate of drug-likeness (QED) is 0.813. The molecule has 0 saturated carbocycles. The molecule has 1 aliphatic rings. The van der Waals surface area contributed by atoms with Gasteiger partial charge in [0.1, 0.15) is 6.04 Å². The molecule has 6 heteroatoms. The van der Waals surface area contributed by atoms with E-state index < -0.39 is 11.9 Å². The normalized spacial score (nSPS) is 19.2. The minimum absolute atomic E-state index is 0.124. The van der Waals surface area contributed by atoms with Crippen molar-refractivity contribution < 1.29 is 9.59 Å². The third kappa shape index (κ3) is 2.38. The molecular formula is C17H21N3O3. The molecule has 2 amide bonds. The first-order valence-corrected chi connectivity index (χ1v) is 7.76. The highest BCUT2D eigenvalue weighted by Gasteiger charge is 2.32. The molecular weight excluding hydrogens is 294 g/mol. The van der Waals surface area contributed by atoms with Crippen molar-refractivity contribution >= 4 is 22.8 Å². The van der Waals surface area contributed by atoms with Crippen molar-refractivity contribution in [3.8, 4) is 0 Å². The molecule has 2 heterocycles. The van der Waals surface area contributed by atoms with Gasteiger partial charge in [0, 0.05) is 13.5 Å². The second-order valence-electron chi connectivity index (χ2n) is 7.10. The minimum atomic E-state index is -0.640. The number of nitrogens with one attached hydrogen (secondary N) is 1. The van der Waals surface area contributed by atoms with E-state index >= 15 is 0 Å². The van der Waals surface area contributed by atoms with E-state index in [1.54, 1.807) is 11.6 Å². The largest absolute Gasteiger partial charge is 0.329 e. The van der Waals surface area contributed by atoms with E-state index in [-0.39, 0.29) is 23.4 Å². The summed E-state index contributed by atoms with van der Waals surface area (Å²) in [5.41, 5.74) is 2.28. The van der Waals surface area contributed by atoms with Crippen LogP contribution in [0, 0.1) is 0 Å². The number of hydrogen-bond acceptors (Lipinski definition) is 3. The Hall–Kier alpha value is -2.37. The second kappa shape index (κ2) is 5.08. The summed E-state index contributed by atoms with van der Waals surface area (Å²) in [6.45, 7) is 6.28. The van der Waals surface area contributed by atoms with Gasteiger partial charge >= 0.3 is 5.69 Å². The first-order valence-electron chi connectivity index (χ1n) is 7.76. The van der Waals surface area contributed by atoms with Gasteiger partial charge in [-0.3, -0.25) is 24.0 Å². The van der Waals surface area contributed by atoms with Crippen LogP contribution in [-0.2, 0) is 22.1 Å². The lowest BCUT2D eigenvalue weighted by molar-refractivity contribution is -0.135. The molecule has 3 rings (SSSR count). The fraction of sp³-hybridized carbons (Fsp3) is 0.471. The molecule has 2 aromatic rings. The number of carbonyl (C=O) groups is 2. The first kappa shape index (κ1) is 15.5. The van der Waals surface area contributed by atoms with E-state index in [0.29, 0.717) is 6.42 Å². The summed E-state index contributed by atoms with van der Waals surface area (Å²) < 4.78 is 3.12. The van der Waals surface area contributed by atoms with Crippen LogP contribution in [0.2, 0.25) is 0 Å². The minimum Gasteiger partial charge on any atom is -0.295 e. The average Bonchev–Trinajstić information content (AvgIpc) is 2.71. The molecule has 1 saturated heterocycles. The van der Waals surface area contributed by atoms with Crippen LogP contribution in [0.5, 0.6) is 0 Å². The summed E-state index contributed by atoms with van der Waals surface area (Å²) >= 11 is 0. The Morgan fingerprint density at radius 3 is 2.48 bits per heavy atom. The van der Waals surface area contributed by atoms with Gasteiger partial charge in [-0.15, -0.1) is 0 Å². The molecule has 6 nitrogen and oxygen atoms in total. The van der Waals surface area contributed by atoms with Crippen LogP contribution in [0.1, 0.15) is 45.2 Å². The Balaban J connectivity index is 2.28. The number of piperidine rings is 1. The molecule has 0 aliphatic carbocycles. The topological polar surface area (TPSA) is 73.1 Å². The maximum Gasteiger partial charge on any atom is 0.329 e. The van der Waals surface area contributed by atoms with Crippen molar-refractivity contribution in [2.75, 3.05) is 0 Å². The molecule has 1 atom stereocenters. The molecule has 122 valence electrons. The summed E-state index contributed by atoms with van der Waals surface area (Å²) in [6.07, 6.45) is 0.599. The van der Waals surface area contributed by atoms with Crippen LogP contribution in [0.3, 0.4) is 0 Å². The summed E-state index contributed by atoms with van der Waals surface area (Å²) in [5, 5.41) is 2.33. The van der Waals surface area contributed by atoms with E-state index in [4.69, 9.17) is 0 Å². The van der Waals surface area contributed by atoms with Gasteiger partial charge in [-0.2, -0.15) is 0 Å². The van der Waals surface area contributed by atoms with Crippen molar-refractivity contribution in [1.29, 1.82) is 0 Å². The number of imide groups is 1. The van der Waals surface area contributed by atoms with Crippen molar-refractivity contribution in [2.24, 2.45) is 7.05 Å². The zero-order chi connectivity index (χ0) is 16.9. The Kier molecular flexibility index (Phi) is 3.43. The molecule has 1 unspecified atom stereocenters. The Labute approximate surface area is 134 Å². The van der Waals surface area contributed by atoms with Crippen molar-refractivity contribution in [2.45, 2.75) is 45.1 Å². The van der Waals surface area contributed by atoms with Crippen LogP contribution in [-0.4, -0.2) is 20.9 Å². The van der Waals surface area contributed by atoms with Crippen LogP contribution < -0.4 is 11.0 Å². The van der Waals surface area contributed by atoms with Gasteiger partial charge in [-0.1, -0.05) is 32.9 Å². The first-order chi connectivity index (χ1) is 10.7. The number of aromatic nitrogens is 2. The number of aryl methyl sites for hydroxylation is 1. The van der Waals surface area contributed by atoms with E-state index in [2.05, 4.69) is 26.1 Å². The monoisotopic (exact) mass is 315 g/mol. The molecule has 1 N–H and O–H groups in total. The lowest BCUT2D eigenvalue weighted by atomic mass is 9.86. The number of nitrogens with zero attached hydrogens (tertiary/aromatic N) is 2. The summed E-state index contributed by atoms with van der Waals surface area (Å²) in [7, 11) is 1.72. The number of benzene rings is 1. The molecule has 0 radical (unpaired) electrons. The van der Waals surface area contributed by atoms with Gasteiger partial charge in [0.05, 0.1) is 11.0 Å². The number of para-hydroxylation sites is 1. The molecule has 23 heavy (non-hydrogen) atoms. The van der Waals surface area contributed by atoms with E-state index in [1.165, 1.54) is 4.57 Å². The standard InChI is InChI=1S/C17H21N3O3/c1-17(2,3)10-6-5-7-11-14(10)19(4)16(23)20(11)12-8-9-13(21)18-15(12)22/h5-7,12H,8-9H2,1-4H3,(H,18,21,22). The number of imidazole rings is 1. The number of carbonyl (C=O) groups excluding carboxylic acids is 2. The highest BCUT2D eigenvalue weighted by molar-refractivity contribution is 6.00. The third-order valence-electron chi connectivity index (χ3n) is 4.43. The maximum absolute atomic E-state index is 12.8. The van der Waals surface area contributed by atoms with Gasteiger partial charge in [-0.25, -0.2) is 4.79 Å². The van der Waals surface area contributed by atoms with Crippen molar-refractivity contribution in [3.63, 3.8) is 0 Å². The predicted octanol–water partition coefficient (Wildman–Crippen LogP) is 1.62. The van der Waals surface area contributed by atoms with E-state index in [0.717, 1.165) is 16.6 Å². The third-order valence-corrected chi connectivity index (χ3v) is 4.43. The zero-order valence-corrected chi connectivity index (χ0v) is 13.8. The number of amides is 2. The lowest BCUT2D eigenvalue weighted by Crippen LogP contribution is -2.44. The molecule has 1 fully saturated rings. The van der Waals surface area contributed by atoms with Gasteiger partial charge in [0.25, 0.3) is 0 Å². The fourth-order valence-electron chi connectivity index (χ4n) is 3.27. The average molecular weight is 315 g/mol. The number of rotatable bonds is 1. The Morgan fingerprint density at radius 2 is 1.87 bits per heavy atom. The fourth-order valence-corrected chi connectivity index (χ4v) is 3.27. The van der Waals surface area contributed by atoms with Gasteiger partial charge < -0.3 is 0 Å². The molecule has 0 bridgehead atoms. The SMILES string of the molecule is Cn1c(=O)n(C2CCC(=O)NC2=O)c2cccc(C(C)(C)C)c21.